The Kier molecular flexibility index (Phi) is 9.05. The summed E-state index contributed by atoms with van der Waals surface area (Å²) in [5, 5.41) is 19.5. The average Bonchev–Trinajstić information content (AvgIpc) is 3.63. The molecule has 0 saturated heterocycles. The second-order valence-electron chi connectivity index (χ2n) is 10.4. The molecule has 12 heteroatoms. The zero-order valence-corrected chi connectivity index (χ0v) is 22.9. The van der Waals surface area contributed by atoms with Gasteiger partial charge >= 0.3 is 6.18 Å². The first-order chi connectivity index (χ1) is 19.9. The van der Waals surface area contributed by atoms with Gasteiger partial charge in [0.25, 0.3) is 11.8 Å². The van der Waals surface area contributed by atoms with Crippen molar-refractivity contribution in [1.29, 1.82) is 5.26 Å². The molecule has 1 saturated carbocycles. The zero-order chi connectivity index (χ0) is 30.5. The number of nitrogens with zero attached hydrogens (tertiary/aromatic N) is 3. The van der Waals surface area contributed by atoms with E-state index in [4.69, 9.17) is 11.2 Å². The van der Waals surface area contributed by atoms with Crippen LogP contribution in [-0.4, -0.2) is 47.0 Å². The van der Waals surface area contributed by atoms with Crippen LogP contribution in [0.3, 0.4) is 0 Å². The summed E-state index contributed by atoms with van der Waals surface area (Å²) in [6.07, 6.45) is 7.58. The van der Waals surface area contributed by atoms with Gasteiger partial charge in [-0.2, -0.15) is 23.5 Å². The minimum Gasteiger partial charge on any atom is -0.484 e. The standard InChI is InChI=1S/C30H29F4N5O3/c1-3-4-8-22(42-18-30(32,33)34)9-6-5-7-20-14-24-25(27(40)37-20)26(28(41)36-17-29(16-35)12-13-29)39(38-24)21-11-10-19(2)23(31)15-21/h1,4,8-11,15,20H,5-7,12-14,17-18H2,2H3,(H,36,41)(H,37,40)/b8-4-,22-9+/t20-/m0/s1. The molecular weight excluding hydrogens is 554 g/mol. The van der Waals surface area contributed by atoms with Gasteiger partial charge in [-0.05, 0) is 75.0 Å². The Morgan fingerprint density at radius 1 is 1.38 bits per heavy atom. The minimum atomic E-state index is -4.49. The number of rotatable bonds is 11. The van der Waals surface area contributed by atoms with Gasteiger partial charge in [0, 0.05) is 19.0 Å². The number of carbonyl (C=O) groups excluding carboxylic acids is 2. The van der Waals surface area contributed by atoms with Crippen molar-refractivity contribution in [1.82, 2.24) is 20.4 Å². The van der Waals surface area contributed by atoms with E-state index in [-0.39, 0.29) is 41.7 Å². The van der Waals surface area contributed by atoms with Gasteiger partial charge in [-0.25, -0.2) is 9.07 Å². The van der Waals surface area contributed by atoms with E-state index in [2.05, 4.69) is 27.7 Å². The zero-order valence-electron chi connectivity index (χ0n) is 22.9. The third-order valence-corrected chi connectivity index (χ3v) is 7.10. The third kappa shape index (κ3) is 7.38. The number of unbranched alkanes of at least 4 members (excludes halogenated alkanes) is 1. The van der Waals surface area contributed by atoms with Gasteiger partial charge in [0.2, 0.25) is 0 Å². The molecule has 1 aromatic heterocycles. The highest BCUT2D eigenvalue weighted by molar-refractivity contribution is 6.08. The van der Waals surface area contributed by atoms with Crippen LogP contribution in [0, 0.1) is 41.8 Å². The number of benzene rings is 1. The lowest BCUT2D eigenvalue weighted by molar-refractivity contribution is -0.163. The van der Waals surface area contributed by atoms with Crippen LogP contribution in [0.2, 0.25) is 0 Å². The molecule has 42 heavy (non-hydrogen) atoms. The van der Waals surface area contributed by atoms with Crippen molar-refractivity contribution in [2.24, 2.45) is 5.41 Å². The summed E-state index contributed by atoms with van der Waals surface area (Å²) in [6.45, 7) is 0.269. The molecule has 2 aromatic rings. The first-order valence-electron chi connectivity index (χ1n) is 13.4. The van der Waals surface area contributed by atoms with E-state index >= 15 is 0 Å². The van der Waals surface area contributed by atoms with Crippen molar-refractivity contribution in [3.63, 3.8) is 0 Å². The molecule has 1 aromatic carbocycles. The van der Waals surface area contributed by atoms with Crippen molar-refractivity contribution in [2.75, 3.05) is 13.2 Å². The van der Waals surface area contributed by atoms with Crippen molar-refractivity contribution in [3.8, 4) is 24.1 Å². The molecule has 2 aliphatic rings. The number of nitriles is 1. The van der Waals surface area contributed by atoms with Crippen LogP contribution in [0.5, 0.6) is 0 Å². The van der Waals surface area contributed by atoms with E-state index < -0.39 is 35.8 Å². The van der Waals surface area contributed by atoms with Gasteiger partial charge in [0.1, 0.15) is 17.3 Å². The quantitative estimate of drug-likeness (QED) is 0.130. The number of terminal acetylenes is 1. The highest BCUT2D eigenvalue weighted by Crippen LogP contribution is 2.44. The Labute approximate surface area is 240 Å². The summed E-state index contributed by atoms with van der Waals surface area (Å²) >= 11 is 0. The van der Waals surface area contributed by atoms with Crippen LogP contribution in [0.1, 0.15) is 64.2 Å². The number of hydrogen-bond acceptors (Lipinski definition) is 5. The number of alkyl halides is 3. The van der Waals surface area contributed by atoms with E-state index in [0.29, 0.717) is 43.4 Å². The molecule has 0 radical (unpaired) electrons. The number of aromatic nitrogens is 2. The second-order valence-corrected chi connectivity index (χ2v) is 10.4. The molecule has 220 valence electrons. The predicted octanol–water partition coefficient (Wildman–Crippen LogP) is 4.83. The monoisotopic (exact) mass is 583 g/mol. The van der Waals surface area contributed by atoms with E-state index in [9.17, 15) is 32.4 Å². The smallest absolute Gasteiger partial charge is 0.422 e. The molecule has 2 heterocycles. The van der Waals surface area contributed by atoms with Crippen molar-refractivity contribution >= 4 is 11.8 Å². The maximum absolute atomic E-state index is 14.4. The molecule has 1 aliphatic carbocycles. The average molecular weight is 584 g/mol. The van der Waals surface area contributed by atoms with Gasteiger partial charge in [0.15, 0.2) is 6.61 Å². The van der Waals surface area contributed by atoms with Gasteiger partial charge < -0.3 is 15.4 Å². The Morgan fingerprint density at radius 3 is 2.79 bits per heavy atom. The lowest BCUT2D eigenvalue weighted by Crippen LogP contribution is -2.42. The van der Waals surface area contributed by atoms with Gasteiger partial charge in [-0.15, -0.1) is 6.42 Å². The van der Waals surface area contributed by atoms with Crippen LogP contribution < -0.4 is 10.6 Å². The second kappa shape index (κ2) is 12.5. The number of halogens is 4. The summed E-state index contributed by atoms with van der Waals surface area (Å²) in [5.74, 6) is 0.572. The Balaban J connectivity index is 1.51. The summed E-state index contributed by atoms with van der Waals surface area (Å²) in [7, 11) is 0. The van der Waals surface area contributed by atoms with Crippen LogP contribution in [0.15, 0.2) is 42.2 Å². The fraction of sp³-hybridized carbons (Fsp3) is 0.400. The molecule has 0 unspecified atom stereocenters. The maximum atomic E-state index is 14.4. The molecule has 1 aliphatic heterocycles. The van der Waals surface area contributed by atoms with Gasteiger partial charge in [-0.3, -0.25) is 9.59 Å². The fourth-order valence-corrected chi connectivity index (χ4v) is 4.56. The topological polar surface area (TPSA) is 109 Å². The fourth-order valence-electron chi connectivity index (χ4n) is 4.56. The summed E-state index contributed by atoms with van der Waals surface area (Å²) in [4.78, 5) is 26.6. The van der Waals surface area contributed by atoms with Crippen molar-refractivity contribution in [2.45, 2.75) is 57.7 Å². The largest absolute Gasteiger partial charge is 0.484 e. The third-order valence-electron chi connectivity index (χ3n) is 7.10. The normalized spacial score (nSPS) is 17.6. The lowest BCUT2D eigenvalue weighted by atomic mass is 9.96. The minimum absolute atomic E-state index is 0.00987. The van der Waals surface area contributed by atoms with E-state index in [0.717, 1.165) is 0 Å². The molecule has 0 spiro atoms. The number of fused-ring (bicyclic) bond motifs is 1. The molecule has 1 fully saturated rings. The van der Waals surface area contributed by atoms with E-state index in [1.54, 1.807) is 19.1 Å². The lowest BCUT2D eigenvalue weighted by Gasteiger charge is -2.23. The Hall–Kier alpha value is -4.58. The van der Waals surface area contributed by atoms with Crippen molar-refractivity contribution in [3.05, 3.63) is 70.5 Å². The number of nitrogens with one attached hydrogen (secondary N) is 2. The number of allylic oxidation sites excluding steroid dienone is 3. The Morgan fingerprint density at radius 2 is 2.14 bits per heavy atom. The summed E-state index contributed by atoms with van der Waals surface area (Å²) < 4.78 is 58.1. The molecule has 0 bridgehead atoms. The molecule has 8 nitrogen and oxygen atoms in total. The highest BCUT2D eigenvalue weighted by Gasteiger charge is 2.44. The molecule has 4 rings (SSSR count). The van der Waals surface area contributed by atoms with Crippen LogP contribution >= 0.6 is 0 Å². The molecule has 2 N–H and O–H groups in total. The SMILES string of the molecule is C#C/C=C\C(=C/CCC[C@H]1Cc2nn(-c3ccc(C)c(F)c3)c(C(=O)NCC3(C#N)CC3)c2C(=O)N1)OCC(F)(F)F. The number of amides is 2. The first-order valence-corrected chi connectivity index (χ1v) is 13.4. The Bertz CT molecular complexity index is 1510. The van der Waals surface area contributed by atoms with Crippen LogP contribution in [0.25, 0.3) is 5.69 Å². The summed E-state index contributed by atoms with van der Waals surface area (Å²) in [5.41, 5.74) is 0.436. The summed E-state index contributed by atoms with van der Waals surface area (Å²) in [6, 6.07) is 6.22. The van der Waals surface area contributed by atoms with Crippen LogP contribution in [0.4, 0.5) is 17.6 Å². The van der Waals surface area contributed by atoms with E-state index in [1.165, 1.54) is 29.0 Å². The van der Waals surface area contributed by atoms with Gasteiger partial charge in [0.05, 0.1) is 28.4 Å². The van der Waals surface area contributed by atoms with Gasteiger partial charge in [-0.1, -0.05) is 12.0 Å². The highest BCUT2D eigenvalue weighted by atomic mass is 19.4. The predicted molar refractivity (Wildman–Crippen MR) is 145 cm³/mol. The number of ether oxygens (including phenoxy) is 1. The molecule has 1 atom stereocenters. The number of hydrogen-bond donors (Lipinski definition) is 2. The maximum Gasteiger partial charge on any atom is 0.422 e. The van der Waals surface area contributed by atoms with E-state index in [1.807, 2.05) is 0 Å². The number of carbonyl (C=O) groups is 2. The van der Waals surface area contributed by atoms with Crippen LogP contribution in [-0.2, 0) is 11.2 Å². The molecule has 2 amide bonds. The number of aryl methyl sites for hydroxylation is 1. The molecular formula is C30H29F4N5O3. The first kappa shape index (κ1) is 30.4. The van der Waals surface area contributed by atoms with Crippen molar-refractivity contribution < 1.29 is 31.9 Å².